The summed E-state index contributed by atoms with van der Waals surface area (Å²) in [5.74, 6) is 2.23. The largest absolute Gasteiger partial charge is 0.455 e. The molecular weight excluding hydrogens is 514 g/mol. The van der Waals surface area contributed by atoms with Crippen molar-refractivity contribution in [3.05, 3.63) is 104 Å². The molecule has 0 radical (unpaired) electrons. The van der Waals surface area contributed by atoms with Crippen LogP contribution in [0.1, 0.15) is 66.0 Å². The highest BCUT2D eigenvalue weighted by molar-refractivity contribution is 6.27. The van der Waals surface area contributed by atoms with Crippen LogP contribution in [-0.2, 0) is 25.7 Å². The van der Waals surface area contributed by atoms with Gasteiger partial charge in [0, 0.05) is 71.0 Å². The standard InChI is InChI=1S/C38H37N3O/c1-23-10-15-28(33(39)20-23)24-11-13-25(14-12-24)34-31-21-26-6-2-16-40-18-4-8-29(35(26)40)37(31)42-38-30-9-5-19-41-17-3-7-27(36(30)41)22-32(34)38/h10-15,20-22,39H,2-9,16-19H2,1H3. The van der Waals surface area contributed by atoms with Crippen molar-refractivity contribution < 1.29 is 4.74 Å². The molecular formula is C38H37N3O. The van der Waals surface area contributed by atoms with Gasteiger partial charge in [-0.25, -0.2) is 0 Å². The molecule has 0 fully saturated rings. The first kappa shape index (κ1) is 24.5. The first-order valence-corrected chi connectivity index (χ1v) is 16.0. The van der Waals surface area contributed by atoms with Crippen LogP contribution in [0.25, 0.3) is 11.1 Å². The van der Waals surface area contributed by atoms with Gasteiger partial charge >= 0.3 is 0 Å². The van der Waals surface area contributed by atoms with E-state index in [0.717, 1.165) is 79.7 Å². The van der Waals surface area contributed by atoms with E-state index in [-0.39, 0.29) is 0 Å². The zero-order valence-electron chi connectivity index (χ0n) is 24.5. The molecule has 210 valence electrons. The monoisotopic (exact) mass is 551 g/mol. The van der Waals surface area contributed by atoms with Crippen molar-refractivity contribution in [1.82, 2.24) is 0 Å². The van der Waals surface area contributed by atoms with Gasteiger partial charge in [-0.1, -0.05) is 36.4 Å². The number of rotatable bonds is 0. The van der Waals surface area contributed by atoms with E-state index in [2.05, 4.69) is 65.3 Å². The third kappa shape index (κ3) is 3.57. The molecule has 5 heterocycles. The number of fused-ring (bicyclic) bond motifs is 4. The van der Waals surface area contributed by atoms with Gasteiger partial charge in [0.15, 0.2) is 0 Å². The van der Waals surface area contributed by atoms with Crippen molar-refractivity contribution in [3.63, 3.8) is 0 Å². The molecule has 4 heteroatoms. The van der Waals surface area contributed by atoms with Gasteiger partial charge in [0.2, 0.25) is 0 Å². The summed E-state index contributed by atoms with van der Waals surface area (Å²) in [6, 6.07) is 14.0. The molecule has 6 aliphatic rings. The van der Waals surface area contributed by atoms with Gasteiger partial charge < -0.3 is 19.9 Å². The van der Waals surface area contributed by atoms with Crippen molar-refractivity contribution >= 4 is 28.2 Å². The predicted molar refractivity (Wildman–Crippen MR) is 172 cm³/mol. The Kier molecular flexibility index (Phi) is 5.39. The van der Waals surface area contributed by atoms with E-state index in [4.69, 9.17) is 10.1 Å². The molecule has 5 aliphatic heterocycles. The first-order valence-electron chi connectivity index (χ1n) is 16.0. The number of hydrogen-bond donors (Lipinski definition) is 1. The second kappa shape index (κ2) is 9.22. The van der Waals surface area contributed by atoms with Gasteiger partial charge in [-0.2, -0.15) is 0 Å². The van der Waals surface area contributed by atoms with Gasteiger partial charge in [0.25, 0.3) is 0 Å². The zero-order chi connectivity index (χ0) is 27.9. The van der Waals surface area contributed by atoms with E-state index < -0.39 is 0 Å². The lowest BCUT2D eigenvalue weighted by atomic mass is 9.80. The molecule has 0 amide bonds. The van der Waals surface area contributed by atoms with Gasteiger partial charge in [-0.3, -0.25) is 0 Å². The average molecular weight is 552 g/mol. The van der Waals surface area contributed by atoms with E-state index in [1.165, 1.54) is 81.2 Å². The Bertz CT molecular complexity index is 1800. The van der Waals surface area contributed by atoms with Gasteiger partial charge in [0.05, 0.1) is 5.71 Å². The molecule has 3 aromatic carbocycles. The normalized spacial score (nSPS) is 19.9. The first-order chi connectivity index (χ1) is 20.6. The molecule has 4 nitrogen and oxygen atoms in total. The number of aryl methyl sites for hydroxylation is 2. The van der Waals surface area contributed by atoms with Crippen LogP contribution >= 0.6 is 0 Å². The number of benzene rings is 3. The van der Waals surface area contributed by atoms with Crippen LogP contribution in [0.15, 0.2) is 60.2 Å². The molecule has 0 saturated carbocycles. The van der Waals surface area contributed by atoms with Crippen molar-refractivity contribution in [2.24, 2.45) is 0 Å². The van der Waals surface area contributed by atoms with E-state index in [1.54, 1.807) is 0 Å². The lowest BCUT2D eigenvalue weighted by Gasteiger charge is -2.41. The van der Waals surface area contributed by atoms with Crippen LogP contribution in [0.3, 0.4) is 0 Å². The molecule has 1 aliphatic carbocycles. The number of nitrogens with zero attached hydrogens (tertiary/aromatic N) is 2. The van der Waals surface area contributed by atoms with Crippen LogP contribution in [0.4, 0.5) is 11.4 Å². The lowest BCUT2D eigenvalue weighted by Crippen LogP contribution is -2.36. The van der Waals surface area contributed by atoms with Crippen molar-refractivity contribution in [2.75, 3.05) is 36.0 Å². The van der Waals surface area contributed by atoms with Gasteiger partial charge in [-0.15, -0.1) is 0 Å². The Morgan fingerprint density at radius 1 is 0.667 bits per heavy atom. The van der Waals surface area contributed by atoms with E-state index >= 15 is 0 Å². The Hall–Kier alpha value is -4.05. The average Bonchev–Trinajstić information content (AvgIpc) is 3.01. The van der Waals surface area contributed by atoms with Crippen LogP contribution in [-0.4, -0.2) is 31.9 Å². The summed E-state index contributed by atoms with van der Waals surface area (Å²) in [6.07, 6.45) is 15.5. The Morgan fingerprint density at radius 2 is 1.19 bits per heavy atom. The lowest BCUT2D eigenvalue weighted by molar-refractivity contribution is 0.452. The highest BCUT2D eigenvalue weighted by Gasteiger charge is 2.37. The molecule has 3 aromatic rings. The zero-order valence-corrected chi connectivity index (χ0v) is 24.5. The van der Waals surface area contributed by atoms with Crippen LogP contribution < -0.4 is 25.0 Å². The molecule has 1 N–H and O–H groups in total. The van der Waals surface area contributed by atoms with Crippen LogP contribution in [0.5, 0.6) is 11.5 Å². The van der Waals surface area contributed by atoms with Gasteiger partial charge in [0.1, 0.15) is 11.5 Å². The maximum Gasteiger partial charge on any atom is 0.140 e. The second-order valence-corrected chi connectivity index (χ2v) is 13.0. The third-order valence-corrected chi connectivity index (χ3v) is 10.3. The minimum atomic E-state index is 0.586. The molecule has 0 unspecified atom stereocenters. The summed E-state index contributed by atoms with van der Waals surface area (Å²) in [6.45, 7) is 6.71. The Labute approximate surface area is 247 Å². The quantitative estimate of drug-likeness (QED) is 0.286. The van der Waals surface area contributed by atoms with Crippen molar-refractivity contribution in [3.8, 4) is 11.5 Å². The third-order valence-electron chi connectivity index (χ3n) is 10.3. The summed E-state index contributed by atoms with van der Waals surface area (Å²) >= 11 is 0. The SMILES string of the molecule is CC1=CC(=N)C(=c2ccc(=C3c4cc5c6c(c4Oc4c3cc3c7c4CCCN7CCC3)CCCN6CCC5)cc2)C=C1. The fourth-order valence-corrected chi connectivity index (χ4v) is 8.55. The minimum absolute atomic E-state index is 0.586. The fraction of sp³-hybridized carbons (Fsp3) is 0.342. The number of nitrogens with one attached hydrogen (secondary N) is 1. The summed E-state index contributed by atoms with van der Waals surface area (Å²) in [5.41, 5.74) is 15.4. The van der Waals surface area contributed by atoms with E-state index in [1.807, 2.05) is 6.08 Å². The van der Waals surface area contributed by atoms with Crippen LogP contribution in [0.2, 0.25) is 0 Å². The van der Waals surface area contributed by atoms with Crippen molar-refractivity contribution in [1.29, 1.82) is 5.41 Å². The maximum absolute atomic E-state index is 8.57. The molecule has 0 bridgehead atoms. The Balaban J connectivity index is 1.34. The number of hydrogen-bond acceptors (Lipinski definition) is 4. The number of allylic oxidation sites excluding steroid dienone is 4. The highest BCUT2D eigenvalue weighted by Crippen LogP contribution is 2.54. The number of anilines is 2. The minimum Gasteiger partial charge on any atom is -0.455 e. The second-order valence-electron chi connectivity index (χ2n) is 13.0. The summed E-state index contributed by atoms with van der Waals surface area (Å²) in [7, 11) is 0. The summed E-state index contributed by atoms with van der Waals surface area (Å²) in [5, 5.41) is 10.9. The molecule has 0 spiro atoms. The van der Waals surface area contributed by atoms with Gasteiger partial charge in [-0.05, 0) is 104 Å². The molecule has 0 aromatic heterocycles. The molecule has 42 heavy (non-hydrogen) atoms. The van der Waals surface area contributed by atoms with E-state index in [9.17, 15) is 0 Å². The molecule has 9 rings (SSSR count). The maximum atomic E-state index is 8.57. The van der Waals surface area contributed by atoms with Crippen molar-refractivity contribution in [2.45, 2.75) is 58.3 Å². The smallest absolute Gasteiger partial charge is 0.140 e. The summed E-state index contributed by atoms with van der Waals surface area (Å²) in [4.78, 5) is 5.26. The molecule has 0 saturated heterocycles. The van der Waals surface area contributed by atoms with Crippen LogP contribution in [0, 0.1) is 5.41 Å². The predicted octanol–water partition coefficient (Wildman–Crippen LogP) is 6.12. The molecule has 0 atom stereocenters. The number of ether oxygens (including phenoxy) is 1. The summed E-state index contributed by atoms with van der Waals surface area (Å²) < 4.78 is 7.19. The Morgan fingerprint density at radius 3 is 1.74 bits per heavy atom. The highest BCUT2D eigenvalue weighted by atomic mass is 16.5. The fourth-order valence-electron chi connectivity index (χ4n) is 8.55. The topological polar surface area (TPSA) is 39.6 Å². The van der Waals surface area contributed by atoms with E-state index in [0.29, 0.717) is 5.71 Å².